The van der Waals surface area contributed by atoms with Gasteiger partial charge in [0.2, 0.25) is 17.7 Å². The van der Waals surface area contributed by atoms with Gasteiger partial charge in [-0.2, -0.15) is 0 Å². The number of alkyl halides is 1. The second-order valence-corrected chi connectivity index (χ2v) is 14.0. The zero-order chi connectivity index (χ0) is 31.5. The molecule has 4 rings (SSSR count). The summed E-state index contributed by atoms with van der Waals surface area (Å²) in [5, 5.41) is 13.2. The number of nitrogens with zero attached hydrogens (tertiary/aromatic N) is 2. The van der Waals surface area contributed by atoms with E-state index < -0.39 is 47.7 Å². The number of likely N-dealkylation sites (tertiary alicyclic amines) is 1. The number of amides is 3. The Morgan fingerprint density at radius 1 is 1.21 bits per heavy atom. The van der Waals surface area contributed by atoms with Crippen molar-refractivity contribution in [3.8, 4) is 0 Å². The fourth-order valence-electron chi connectivity index (χ4n) is 7.60. The monoisotopic (exact) mass is 665 g/mol. The Morgan fingerprint density at radius 2 is 1.91 bits per heavy atom. The lowest BCUT2D eigenvalue weighted by Gasteiger charge is -2.43. The van der Waals surface area contributed by atoms with Crippen LogP contribution in [0.4, 0.5) is 0 Å². The van der Waals surface area contributed by atoms with Gasteiger partial charge in [0.15, 0.2) is 0 Å². The van der Waals surface area contributed by atoms with Crippen LogP contribution in [0.3, 0.4) is 0 Å². The molecular weight excluding hydrogens is 618 g/mol. The van der Waals surface area contributed by atoms with Crippen molar-refractivity contribution in [3.63, 3.8) is 0 Å². The second-order valence-electron chi connectivity index (χ2n) is 12.9. The number of hydrogen-bond acceptors (Lipinski definition) is 7. The summed E-state index contributed by atoms with van der Waals surface area (Å²) in [6.45, 7) is 13.2. The first-order chi connectivity index (χ1) is 20.5. The summed E-state index contributed by atoms with van der Waals surface area (Å²) < 4.78 is 12.4. The predicted octanol–water partition coefficient (Wildman–Crippen LogP) is 3.11. The standard InChI is InChI=1S/C32H48BrN3O7/c1-6-8-14-24(38)34-17-20(5)42-31(41)25-26-29(39)36(23(18-37)19(3)4)28(32(26)16-22(33)27(25)43-32)30(40)35(15-7-2)21-12-10-9-11-13-21/h6-7,19-23,25-28,37H,1-2,8-18H2,3-5H3,(H,34,38)/t20-,22?,23-,25-,26+,27-,28-,32+/m0/s1. The van der Waals surface area contributed by atoms with Crippen LogP contribution in [-0.4, -0.2) is 99.1 Å². The van der Waals surface area contributed by atoms with Gasteiger partial charge in [-0.05, 0) is 38.5 Å². The number of halogens is 1. The molecule has 3 aliphatic heterocycles. The molecule has 3 heterocycles. The molecule has 1 unspecified atom stereocenters. The second kappa shape index (κ2) is 14.2. The van der Waals surface area contributed by atoms with Crippen molar-refractivity contribution >= 4 is 39.6 Å². The number of rotatable bonds is 14. The van der Waals surface area contributed by atoms with E-state index >= 15 is 0 Å². The molecule has 11 heteroatoms. The first-order valence-electron chi connectivity index (χ1n) is 15.8. The summed E-state index contributed by atoms with van der Waals surface area (Å²) in [6, 6.07) is -1.59. The molecule has 8 atom stereocenters. The molecule has 10 nitrogen and oxygen atoms in total. The number of aliphatic hydroxyl groups is 1. The van der Waals surface area contributed by atoms with E-state index in [-0.39, 0.29) is 47.7 Å². The van der Waals surface area contributed by atoms with Crippen molar-refractivity contribution in [1.82, 2.24) is 15.1 Å². The van der Waals surface area contributed by atoms with Crippen molar-refractivity contribution in [3.05, 3.63) is 25.3 Å². The van der Waals surface area contributed by atoms with Crippen LogP contribution in [-0.2, 0) is 28.7 Å². The number of esters is 1. The molecular formula is C32H48BrN3O7. The Hall–Kier alpha value is -2.24. The number of fused-ring (bicyclic) bond motifs is 1. The molecule has 1 spiro atoms. The highest BCUT2D eigenvalue weighted by molar-refractivity contribution is 9.09. The number of carbonyl (C=O) groups excluding carboxylic acids is 4. The molecule has 3 amide bonds. The molecule has 4 fully saturated rings. The molecule has 0 aromatic heterocycles. The van der Waals surface area contributed by atoms with Gasteiger partial charge in [-0.1, -0.05) is 61.2 Å². The van der Waals surface area contributed by atoms with Gasteiger partial charge in [-0.3, -0.25) is 19.2 Å². The third kappa shape index (κ3) is 6.45. The first kappa shape index (κ1) is 33.6. The molecule has 0 aromatic carbocycles. The van der Waals surface area contributed by atoms with E-state index in [9.17, 15) is 24.3 Å². The van der Waals surface area contributed by atoms with Crippen LogP contribution in [0.2, 0.25) is 0 Å². The summed E-state index contributed by atoms with van der Waals surface area (Å²) >= 11 is 3.70. The van der Waals surface area contributed by atoms with E-state index in [0.717, 1.165) is 32.1 Å². The van der Waals surface area contributed by atoms with Crippen molar-refractivity contribution in [2.45, 2.75) is 113 Å². The summed E-state index contributed by atoms with van der Waals surface area (Å²) in [5.74, 6) is -3.33. The Labute approximate surface area is 263 Å². The van der Waals surface area contributed by atoms with Crippen LogP contribution in [0.5, 0.6) is 0 Å². The Kier molecular flexibility index (Phi) is 11.1. The van der Waals surface area contributed by atoms with Crippen molar-refractivity contribution < 1.29 is 33.8 Å². The zero-order valence-electron chi connectivity index (χ0n) is 25.7. The Bertz CT molecular complexity index is 1080. The number of nitrogens with one attached hydrogen (secondary N) is 1. The molecule has 2 N–H and O–H groups in total. The maximum absolute atomic E-state index is 14.7. The van der Waals surface area contributed by atoms with Crippen LogP contribution < -0.4 is 5.32 Å². The lowest BCUT2D eigenvalue weighted by atomic mass is 9.70. The van der Waals surface area contributed by atoms with Gasteiger partial charge < -0.3 is 29.7 Å². The predicted molar refractivity (Wildman–Crippen MR) is 165 cm³/mol. The summed E-state index contributed by atoms with van der Waals surface area (Å²) in [6.07, 6.45) is 8.26. The van der Waals surface area contributed by atoms with Gasteiger partial charge in [0, 0.05) is 23.8 Å². The smallest absolute Gasteiger partial charge is 0.312 e. The molecule has 1 aliphatic carbocycles. The first-order valence-corrected chi connectivity index (χ1v) is 16.7. The fraction of sp³-hybridized carbons (Fsp3) is 0.750. The molecule has 240 valence electrons. The minimum atomic E-state index is -1.24. The third-order valence-corrected chi connectivity index (χ3v) is 10.5. The number of aliphatic hydroxyl groups excluding tert-OH is 1. The van der Waals surface area contributed by atoms with Crippen LogP contribution in [0.25, 0.3) is 0 Å². The van der Waals surface area contributed by atoms with Crippen LogP contribution in [0.15, 0.2) is 25.3 Å². The van der Waals surface area contributed by atoms with E-state index in [2.05, 4.69) is 34.4 Å². The minimum absolute atomic E-state index is 0.0277. The summed E-state index contributed by atoms with van der Waals surface area (Å²) in [5.41, 5.74) is -1.24. The van der Waals surface area contributed by atoms with Gasteiger partial charge >= 0.3 is 5.97 Å². The van der Waals surface area contributed by atoms with Crippen molar-refractivity contribution in [2.75, 3.05) is 19.7 Å². The number of ether oxygens (including phenoxy) is 2. The van der Waals surface area contributed by atoms with Gasteiger partial charge in [0.25, 0.3) is 0 Å². The Balaban J connectivity index is 1.65. The Morgan fingerprint density at radius 3 is 2.51 bits per heavy atom. The van der Waals surface area contributed by atoms with E-state index in [4.69, 9.17) is 9.47 Å². The van der Waals surface area contributed by atoms with E-state index in [1.165, 1.54) is 4.90 Å². The fourth-order valence-corrected chi connectivity index (χ4v) is 8.54. The lowest BCUT2D eigenvalue weighted by Crippen LogP contribution is -2.61. The molecule has 1 saturated carbocycles. The normalized spacial score (nSPS) is 31.4. The topological polar surface area (TPSA) is 125 Å². The third-order valence-electron chi connectivity index (χ3n) is 9.65. The highest BCUT2D eigenvalue weighted by atomic mass is 79.9. The van der Waals surface area contributed by atoms with E-state index in [1.807, 2.05) is 18.7 Å². The van der Waals surface area contributed by atoms with Crippen LogP contribution >= 0.6 is 15.9 Å². The van der Waals surface area contributed by atoms with Crippen LogP contribution in [0, 0.1) is 17.8 Å². The summed E-state index contributed by atoms with van der Waals surface area (Å²) in [7, 11) is 0. The highest BCUT2D eigenvalue weighted by Gasteiger charge is 2.77. The van der Waals surface area contributed by atoms with Crippen molar-refractivity contribution in [1.29, 1.82) is 0 Å². The average Bonchev–Trinajstić information content (AvgIpc) is 3.57. The average molecular weight is 667 g/mol. The number of allylic oxidation sites excluding steroid dienone is 1. The molecule has 43 heavy (non-hydrogen) atoms. The number of carbonyl (C=O) groups is 4. The largest absolute Gasteiger partial charge is 0.460 e. The maximum Gasteiger partial charge on any atom is 0.312 e. The molecule has 0 radical (unpaired) electrons. The lowest BCUT2D eigenvalue weighted by molar-refractivity contribution is -0.160. The molecule has 4 aliphatic rings. The summed E-state index contributed by atoms with van der Waals surface area (Å²) in [4.78, 5) is 58.0. The zero-order valence-corrected chi connectivity index (χ0v) is 27.3. The molecule has 0 aromatic rings. The minimum Gasteiger partial charge on any atom is -0.460 e. The highest BCUT2D eigenvalue weighted by Crippen LogP contribution is 2.61. The molecule has 3 saturated heterocycles. The van der Waals surface area contributed by atoms with E-state index in [0.29, 0.717) is 25.8 Å². The van der Waals surface area contributed by atoms with Gasteiger partial charge in [0.1, 0.15) is 17.7 Å². The van der Waals surface area contributed by atoms with Crippen molar-refractivity contribution in [2.24, 2.45) is 17.8 Å². The van der Waals surface area contributed by atoms with E-state index in [1.54, 1.807) is 19.1 Å². The number of hydrogen-bond donors (Lipinski definition) is 2. The van der Waals surface area contributed by atoms with Gasteiger partial charge in [-0.25, -0.2) is 0 Å². The maximum atomic E-state index is 14.7. The SMILES string of the molecule is C=CCCC(=O)NC[C@H](C)OC(=O)[C@@H]1[C@H]2O[C@@]3(CC2Br)[C@H](C(=O)N(CC=C)C2CCCCC2)N([C@@H](CO)C(C)C)C(=O)[C@@H]13. The van der Waals surface area contributed by atoms with Crippen LogP contribution in [0.1, 0.15) is 72.1 Å². The molecule has 2 bridgehead atoms. The van der Waals surface area contributed by atoms with Gasteiger partial charge in [0.05, 0.1) is 37.1 Å². The quantitative estimate of drug-likeness (QED) is 0.166. The van der Waals surface area contributed by atoms with Gasteiger partial charge in [-0.15, -0.1) is 13.2 Å².